The lowest BCUT2D eigenvalue weighted by atomic mass is 9.73. The minimum Gasteiger partial charge on any atom is -0.493 e. The molecule has 1 aliphatic heterocycles. The fraction of sp³-hybridized carbons (Fsp3) is 0.429. The van der Waals surface area contributed by atoms with Crippen LogP contribution in [0.2, 0.25) is 0 Å². The van der Waals surface area contributed by atoms with Gasteiger partial charge < -0.3 is 14.8 Å². The second kappa shape index (κ2) is 6.48. The summed E-state index contributed by atoms with van der Waals surface area (Å²) in [6.07, 6.45) is 3.40. The molecule has 3 atom stereocenters. The van der Waals surface area contributed by atoms with Gasteiger partial charge in [-0.1, -0.05) is 36.4 Å². The number of hydrogen-bond donors (Lipinski definition) is 1. The molecule has 3 heteroatoms. The number of nitrogens with one attached hydrogen (secondary N) is 1. The average molecular weight is 323 g/mol. The molecule has 0 aromatic heterocycles. The Hall–Kier alpha value is -2.00. The topological polar surface area (TPSA) is 30.5 Å². The van der Waals surface area contributed by atoms with E-state index < -0.39 is 0 Å². The van der Waals surface area contributed by atoms with Crippen LogP contribution in [0.3, 0.4) is 0 Å². The van der Waals surface area contributed by atoms with E-state index in [-0.39, 0.29) is 0 Å². The van der Waals surface area contributed by atoms with E-state index in [4.69, 9.17) is 9.47 Å². The van der Waals surface area contributed by atoms with E-state index in [0.29, 0.717) is 17.9 Å². The summed E-state index contributed by atoms with van der Waals surface area (Å²) < 4.78 is 11.1. The fourth-order valence-corrected chi connectivity index (χ4v) is 4.62. The third kappa shape index (κ3) is 2.57. The predicted molar refractivity (Wildman–Crippen MR) is 96.0 cm³/mol. The third-order valence-electron chi connectivity index (χ3n) is 5.74. The van der Waals surface area contributed by atoms with Crippen LogP contribution in [0.15, 0.2) is 42.5 Å². The highest BCUT2D eigenvalue weighted by molar-refractivity contribution is 5.53. The Balaban J connectivity index is 1.60. The molecule has 0 radical (unpaired) electrons. The first-order valence-corrected chi connectivity index (χ1v) is 8.83. The van der Waals surface area contributed by atoms with E-state index in [9.17, 15) is 0 Å². The zero-order valence-corrected chi connectivity index (χ0v) is 14.4. The van der Waals surface area contributed by atoms with Crippen molar-refractivity contribution in [1.29, 1.82) is 0 Å². The summed E-state index contributed by atoms with van der Waals surface area (Å²) in [5.41, 5.74) is 4.22. The van der Waals surface area contributed by atoms with Crippen LogP contribution in [0.1, 0.15) is 29.0 Å². The van der Waals surface area contributed by atoms with Crippen LogP contribution in [0.25, 0.3) is 0 Å². The molecule has 2 aromatic rings. The van der Waals surface area contributed by atoms with Gasteiger partial charge in [0.15, 0.2) is 11.5 Å². The first kappa shape index (κ1) is 15.5. The summed E-state index contributed by atoms with van der Waals surface area (Å²) in [5.74, 6) is 3.07. The number of ether oxygens (including phenoxy) is 2. The maximum atomic E-state index is 5.66. The van der Waals surface area contributed by atoms with Gasteiger partial charge in [-0.2, -0.15) is 0 Å². The highest BCUT2D eigenvalue weighted by Crippen LogP contribution is 2.47. The van der Waals surface area contributed by atoms with Gasteiger partial charge in [0.05, 0.1) is 14.2 Å². The Labute approximate surface area is 144 Å². The highest BCUT2D eigenvalue weighted by atomic mass is 16.5. The lowest BCUT2D eigenvalue weighted by Crippen LogP contribution is -2.31. The molecule has 0 amide bonds. The molecule has 1 heterocycles. The quantitative estimate of drug-likeness (QED) is 0.933. The standard InChI is InChI=1S/C21H25NO2/c1-23-20-11-10-15-17(21(20)24-2)9-8-16-18(15)13-22-19(16)12-14-6-4-3-5-7-14/h3-7,10-11,16,18-19,22H,8-9,12-13H2,1-2H3/t16?,18-,19-/m1/s1. The van der Waals surface area contributed by atoms with E-state index in [0.717, 1.165) is 30.9 Å². The Bertz CT molecular complexity index is 713. The van der Waals surface area contributed by atoms with Crippen molar-refractivity contribution in [2.45, 2.75) is 31.2 Å². The average Bonchev–Trinajstić information content (AvgIpc) is 3.04. The molecule has 1 unspecified atom stereocenters. The van der Waals surface area contributed by atoms with Gasteiger partial charge in [0.2, 0.25) is 0 Å². The Morgan fingerprint density at radius 1 is 1.04 bits per heavy atom. The first-order valence-electron chi connectivity index (χ1n) is 8.83. The summed E-state index contributed by atoms with van der Waals surface area (Å²) in [5, 5.41) is 3.78. The van der Waals surface area contributed by atoms with Crippen LogP contribution in [0.4, 0.5) is 0 Å². The maximum Gasteiger partial charge on any atom is 0.164 e. The van der Waals surface area contributed by atoms with E-state index in [2.05, 4.69) is 47.8 Å². The van der Waals surface area contributed by atoms with Crippen molar-refractivity contribution >= 4 is 0 Å². The van der Waals surface area contributed by atoms with E-state index >= 15 is 0 Å². The van der Waals surface area contributed by atoms with Crippen molar-refractivity contribution in [3.05, 3.63) is 59.2 Å². The molecule has 0 spiro atoms. The number of hydrogen-bond acceptors (Lipinski definition) is 3. The van der Waals surface area contributed by atoms with Crippen LogP contribution in [0, 0.1) is 5.92 Å². The second-order valence-electron chi connectivity index (χ2n) is 6.88. The number of rotatable bonds is 4. The van der Waals surface area contributed by atoms with Crippen LogP contribution >= 0.6 is 0 Å². The molecule has 24 heavy (non-hydrogen) atoms. The fourth-order valence-electron chi connectivity index (χ4n) is 4.62. The summed E-state index contributed by atoms with van der Waals surface area (Å²) in [6.45, 7) is 1.06. The predicted octanol–water partition coefficient (Wildman–Crippen LogP) is 3.56. The molecule has 4 rings (SSSR count). The smallest absolute Gasteiger partial charge is 0.164 e. The van der Waals surface area contributed by atoms with Gasteiger partial charge in [-0.05, 0) is 42.4 Å². The van der Waals surface area contributed by atoms with Crippen LogP contribution < -0.4 is 14.8 Å². The third-order valence-corrected chi connectivity index (χ3v) is 5.74. The molecule has 3 nitrogen and oxygen atoms in total. The summed E-state index contributed by atoms with van der Waals surface area (Å²) in [7, 11) is 3.46. The van der Waals surface area contributed by atoms with Gasteiger partial charge in [0, 0.05) is 24.1 Å². The molecule has 0 saturated carbocycles. The Kier molecular flexibility index (Phi) is 4.19. The first-order chi connectivity index (χ1) is 11.8. The summed E-state index contributed by atoms with van der Waals surface area (Å²) in [4.78, 5) is 0. The highest BCUT2D eigenvalue weighted by Gasteiger charge is 2.40. The van der Waals surface area contributed by atoms with Crippen molar-refractivity contribution in [3.63, 3.8) is 0 Å². The van der Waals surface area contributed by atoms with E-state index in [1.807, 2.05) is 0 Å². The lowest BCUT2D eigenvalue weighted by Gasteiger charge is -2.32. The molecule has 2 aromatic carbocycles. The molecule has 1 aliphatic carbocycles. The van der Waals surface area contributed by atoms with Gasteiger partial charge >= 0.3 is 0 Å². The lowest BCUT2D eigenvalue weighted by molar-refractivity contribution is 0.335. The maximum absolute atomic E-state index is 5.66. The Morgan fingerprint density at radius 3 is 2.62 bits per heavy atom. The minimum atomic E-state index is 0.568. The van der Waals surface area contributed by atoms with Gasteiger partial charge in [-0.15, -0.1) is 0 Å². The van der Waals surface area contributed by atoms with Gasteiger partial charge in [-0.25, -0.2) is 0 Å². The SMILES string of the molecule is COc1ccc2c(c1OC)CCC1[C@@H]2CN[C@@H]1Cc1ccccc1. The van der Waals surface area contributed by atoms with Crippen molar-refractivity contribution in [1.82, 2.24) is 5.32 Å². The molecule has 2 aliphatic rings. The normalized spacial score (nSPS) is 25.0. The molecule has 1 saturated heterocycles. The second-order valence-corrected chi connectivity index (χ2v) is 6.88. The van der Waals surface area contributed by atoms with Crippen LogP contribution in [0.5, 0.6) is 11.5 Å². The Morgan fingerprint density at radius 2 is 1.88 bits per heavy atom. The van der Waals surface area contributed by atoms with Gasteiger partial charge in [0.25, 0.3) is 0 Å². The summed E-state index contributed by atoms with van der Waals surface area (Å²) in [6, 6.07) is 15.7. The molecule has 126 valence electrons. The molecular formula is C21H25NO2. The minimum absolute atomic E-state index is 0.568. The van der Waals surface area contributed by atoms with Gasteiger partial charge in [0.1, 0.15) is 0 Å². The van der Waals surface area contributed by atoms with Crippen molar-refractivity contribution in [2.24, 2.45) is 5.92 Å². The largest absolute Gasteiger partial charge is 0.493 e. The zero-order valence-electron chi connectivity index (χ0n) is 14.4. The monoisotopic (exact) mass is 323 g/mol. The van der Waals surface area contributed by atoms with Crippen molar-refractivity contribution < 1.29 is 9.47 Å². The number of methoxy groups -OCH3 is 2. The molecule has 1 fully saturated rings. The molecule has 0 bridgehead atoms. The number of benzene rings is 2. The molecular weight excluding hydrogens is 298 g/mol. The van der Waals surface area contributed by atoms with Gasteiger partial charge in [-0.3, -0.25) is 0 Å². The van der Waals surface area contributed by atoms with Crippen molar-refractivity contribution in [3.8, 4) is 11.5 Å². The zero-order chi connectivity index (χ0) is 16.5. The van der Waals surface area contributed by atoms with Crippen LogP contribution in [-0.4, -0.2) is 26.8 Å². The number of fused-ring (bicyclic) bond motifs is 3. The molecule has 1 N–H and O–H groups in total. The van der Waals surface area contributed by atoms with Crippen molar-refractivity contribution in [2.75, 3.05) is 20.8 Å². The van der Waals surface area contributed by atoms with Crippen LogP contribution in [-0.2, 0) is 12.8 Å². The summed E-state index contributed by atoms with van der Waals surface area (Å²) >= 11 is 0. The van der Waals surface area contributed by atoms with E-state index in [1.54, 1.807) is 14.2 Å². The van der Waals surface area contributed by atoms with E-state index in [1.165, 1.54) is 23.1 Å².